The van der Waals surface area contributed by atoms with Gasteiger partial charge in [0.1, 0.15) is 5.60 Å². The van der Waals surface area contributed by atoms with Crippen molar-refractivity contribution >= 4 is 30.7 Å². The summed E-state index contributed by atoms with van der Waals surface area (Å²) in [4.78, 5) is 14.8. The molecule has 1 fully saturated rings. The molecular formula is C16H35Cl2N3O2. The first-order chi connectivity index (χ1) is 10.2. The lowest BCUT2D eigenvalue weighted by Gasteiger charge is -2.34. The summed E-state index contributed by atoms with van der Waals surface area (Å²) in [5, 5.41) is 6.34. The molecule has 23 heavy (non-hydrogen) atoms. The minimum atomic E-state index is -0.613. The molecular weight excluding hydrogens is 337 g/mol. The molecule has 1 saturated heterocycles. The number of hydrogen-bond donors (Lipinski definition) is 2. The predicted octanol–water partition coefficient (Wildman–Crippen LogP) is 2.23. The summed E-state index contributed by atoms with van der Waals surface area (Å²) in [5.74, 6) is 0.0593. The van der Waals surface area contributed by atoms with E-state index >= 15 is 0 Å². The molecule has 1 rings (SSSR count). The molecule has 0 unspecified atom stereocenters. The molecule has 1 aliphatic rings. The number of nitrogens with one attached hydrogen (secondary N) is 2. The van der Waals surface area contributed by atoms with Crippen LogP contribution in [-0.2, 0) is 9.53 Å². The zero-order chi connectivity index (χ0) is 15.6. The molecule has 0 aromatic heterocycles. The standard InChI is InChI=1S/C16H33N3O2.2ClH/c1-4-12-19(13-5-2)14-6-9-18-15(20)16(21-3)7-10-17-11-8-16;;/h17H,4-14H2,1-3H3,(H,18,20);2*1H. The lowest BCUT2D eigenvalue weighted by molar-refractivity contribution is -0.146. The van der Waals surface area contributed by atoms with Crippen molar-refractivity contribution in [1.82, 2.24) is 15.5 Å². The number of hydrogen-bond acceptors (Lipinski definition) is 4. The number of carbonyl (C=O) groups is 1. The first-order valence-electron chi connectivity index (χ1n) is 8.45. The van der Waals surface area contributed by atoms with Gasteiger partial charge in [-0.25, -0.2) is 0 Å². The first kappa shape index (κ1) is 25.2. The number of carbonyl (C=O) groups excluding carboxylic acids is 1. The summed E-state index contributed by atoms with van der Waals surface area (Å²) >= 11 is 0. The van der Waals surface area contributed by atoms with Crippen LogP contribution in [0.25, 0.3) is 0 Å². The van der Waals surface area contributed by atoms with E-state index in [0.717, 1.165) is 58.5 Å². The molecule has 2 N–H and O–H groups in total. The van der Waals surface area contributed by atoms with Crippen molar-refractivity contribution in [3.8, 4) is 0 Å². The Morgan fingerprint density at radius 1 is 1.13 bits per heavy atom. The van der Waals surface area contributed by atoms with Crippen LogP contribution in [0.2, 0.25) is 0 Å². The molecule has 140 valence electrons. The van der Waals surface area contributed by atoms with E-state index in [1.807, 2.05) is 0 Å². The maximum Gasteiger partial charge on any atom is 0.252 e. The number of ether oxygens (including phenoxy) is 1. The Hall–Kier alpha value is -0.0700. The van der Waals surface area contributed by atoms with Crippen molar-refractivity contribution in [3.05, 3.63) is 0 Å². The van der Waals surface area contributed by atoms with E-state index in [-0.39, 0.29) is 30.7 Å². The third kappa shape index (κ3) is 8.54. The second-order valence-corrected chi connectivity index (χ2v) is 5.90. The maximum absolute atomic E-state index is 12.4. The smallest absolute Gasteiger partial charge is 0.252 e. The molecule has 0 saturated carbocycles. The molecule has 7 heteroatoms. The summed E-state index contributed by atoms with van der Waals surface area (Å²) in [5.41, 5.74) is -0.613. The molecule has 5 nitrogen and oxygen atoms in total. The Balaban J connectivity index is 0. The maximum atomic E-state index is 12.4. The van der Waals surface area contributed by atoms with E-state index in [4.69, 9.17) is 4.74 Å². The summed E-state index contributed by atoms with van der Waals surface area (Å²) in [7, 11) is 1.65. The molecule has 0 radical (unpaired) electrons. The highest BCUT2D eigenvalue weighted by molar-refractivity contribution is 5.86. The molecule has 0 spiro atoms. The van der Waals surface area contributed by atoms with Gasteiger partial charge in [-0.1, -0.05) is 13.8 Å². The largest absolute Gasteiger partial charge is 0.368 e. The Morgan fingerprint density at radius 2 is 1.70 bits per heavy atom. The third-order valence-electron chi connectivity index (χ3n) is 4.23. The summed E-state index contributed by atoms with van der Waals surface area (Å²) in [6, 6.07) is 0. The van der Waals surface area contributed by atoms with Gasteiger partial charge in [0, 0.05) is 13.7 Å². The Labute approximate surface area is 154 Å². The second-order valence-electron chi connectivity index (χ2n) is 5.90. The molecule has 1 amide bonds. The number of nitrogens with zero attached hydrogens (tertiary/aromatic N) is 1. The summed E-state index contributed by atoms with van der Waals surface area (Å²) in [6.45, 7) is 10.2. The SMILES string of the molecule is CCCN(CCC)CCCNC(=O)C1(OC)CCNCC1.Cl.Cl. The lowest BCUT2D eigenvalue weighted by atomic mass is 9.91. The van der Waals surface area contributed by atoms with Crippen molar-refractivity contribution in [1.29, 1.82) is 0 Å². The van der Waals surface area contributed by atoms with Crippen LogP contribution in [0.3, 0.4) is 0 Å². The number of piperidine rings is 1. The van der Waals surface area contributed by atoms with Gasteiger partial charge in [0.2, 0.25) is 0 Å². The predicted molar refractivity (Wildman–Crippen MR) is 101 cm³/mol. The number of methoxy groups -OCH3 is 1. The zero-order valence-electron chi connectivity index (χ0n) is 14.9. The zero-order valence-corrected chi connectivity index (χ0v) is 16.5. The minimum Gasteiger partial charge on any atom is -0.368 e. The van der Waals surface area contributed by atoms with Crippen molar-refractivity contribution < 1.29 is 9.53 Å². The molecule has 1 aliphatic heterocycles. The number of rotatable bonds is 10. The van der Waals surface area contributed by atoms with Crippen LogP contribution in [0.4, 0.5) is 0 Å². The summed E-state index contributed by atoms with van der Waals surface area (Å²) < 4.78 is 5.53. The molecule has 0 aliphatic carbocycles. The Bertz CT molecular complexity index is 295. The fourth-order valence-electron chi connectivity index (χ4n) is 2.99. The number of halogens is 2. The van der Waals surface area contributed by atoms with Crippen LogP contribution in [0.15, 0.2) is 0 Å². The van der Waals surface area contributed by atoms with Crippen LogP contribution in [-0.4, -0.2) is 62.8 Å². The molecule has 0 bridgehead atoms. The first-order valence-corrected chi connectivity index (χ1v) is 8.45. The number of amides is 1. The topological polar surface area (TPSA) is 53.6 Å². The van der Waals surface area contributed by atoms with E-state index in [1.165, 1.54) is 12.8 Å². The highest BCUT2D eigenvalue weighted by Gasteiger charge is 2.39. The molecule has 0 atom stereocenters. The van der Waals surface area contributed by atoms with Crippen LogP contribution in [0.5, 0.6) is 0 Å². The van der Waals surface area contributed by atoms with Crippen LogP contribution in [0, 0.1) is 0 Å². The van der Waals surface area contributed by atoms with E-state index < -0.39 is 5.60 Å². The minimum absolute atomic E-state index is 0. The van der Waals surface area contributed by atoms with E-state index in [0.29, 0.717) is 0 Å². The molecule has 1 heterocycles. The van der Waals surface area contributed by atoms with Crippen molar-refractivity contribution in [2.24, 2.45) is 0 Å². The van der Waals surface area contributed by atoms with E-state index in [2.05, 4.69) is 29.4 Å². The van der Waals surface area contributed by atoms with Gasteiger partial charge in [-0.15, -0.1) is 24.8 Å². The Kier molecular flexibility index (Phi) is 15.6. The van der Waals surface area contributed by atoms with Crippen LogP contribution >= 0.6 is 24.8 Å². The Morgan fingerprint density at radius 3 is 2.17 bits per heavy atom. The summed E-state index contributed by atoms with van der Waals surface area (Å²) in [6.07, 6.45) is 4.89. The fraction of sp³-hybridized carbons (Fsp3) is 0.938. The van der Waals surface area contributed by atoms with Gasteiger partial charge in [-0.05, 0) is 64.8 Å². The van der Waals surface area contributed by atoms with E-state index in [9.17, 15) is 4.79 Å². The normalized spacial score (nSPS) is 16.3. The van der Waals surface area contributed by atoms with Crippen LogP contribution < -0.4 is 10.6 Å². The van der Waals surface area contributed by atoms with Gasteiger partial charge in [0.05, 0.1) is 0 Å². The van der Waals surface area contributed by atoms with E-state index in [1.54, 1.807) is 7.11 Å². The van der Waals surface area contributed by atoms with Crippen molar-refractivity contribution in [2.45, 2.75) is 51.6 Å². The van der Waals surface area contributed by atoms with Gasteiger partial charge < -0.3 is 20.3 Å². The highest BCUT2D eigenvalue weighted by Crippen LogP contribution is 2.22. The molecule has 0 aromatic rings. The lowest BCUT2D eigenvalue weighted by Crippen LogP contribution is -2.54. The van der Waals surface area contributed by atoms with Gasteiger partial charge in [-0.2, -0.15) is 0 Å². The monoisotopic (exact) mass is 371 g/mol. The van der Waals surface area contributed by atoms with Gasteiger partial charge in [0.15, 0.2) is 0 Å². The van der Waals surface area contributed by atoms with Crippen molar-refractivity contribution in [2.75, 3.05) is 46.4 Å². The quantitative estimate of drug-likeness (QED) is 0.578. The fourth-order valence-corrected chi connectivity index (χ4v) is 2.99. The van der Waals surface area contributed by atoms with Crippen molar-refractivity contribution in [3.63, 3.8) is 0 Å². The molecule has 0 aromatic carbocycles. The van der Waals surface area contributed by atoms with Gasteiger partial charge in [-0.3, -0.25) is 4.79 Å². The van der Waals surface area contributed by atoms with Gasteiger partial charge >= 0.3 is 0 Å². The average Bonchev–Trinajstić information content (AvgIpc) is 2.52. The van der Waals surface area contributed by atoms with Crippen LogP contribution in [0.1, 0.15) is 46.0 Å². The highest BCUT2D eigenvalue weighted by atomic mass is 35.5. The van der Waals surface area contributed by atoms with Gasteiger partial charge in [0.25, 0.3) is 5.91 Å². The second kappa shape index (κ2) is 14.3. The third-order valence-corrected chi connectivity index (χ3v) is 4.23. The average molecular weight is 372 g/mol.